The maximum absolute atomic E-state index is 12.9. The molecule has 0 aliphatic carbocycles. The predicted molar refractivity (Wildman–Crippen MR) is 132 cm³/mol. The highest BCUT2D eigenvalue weighted by Crippen LogP contribution is 2.34. The molecule has 0 fully saturated rings. The molecule has 6 nitrogen and oxygen atoms in total. The molecule has 0 spiro atoms. The van der Waals surface area contributed by atoms with Gasteiger partial charge in [-0.1, -0.05) is 67.4 Å². The summed E-state index contributed by atoms with van der Waals surface area (Å²) < 4.78 is 5.58. The van der Waals surface area contributed by atoms with Crippen LogP contribution >= 0.6 is 23.2 Å². The van der Waals surface area contributed by atoms with Crippen molar-refractivity contribution in [3.63, 3.8) is 0 Å². The SMILES string of the molecule is CC(C)c1ccccc1OC(=O)c1ccc(NC2=C(Cl)C(=O)N(c3ccccc3Cl)C2=O)cc1. The number of ether oxygens (including phenoxy) is 1. The lowest BCUT2D eigenvalue weighted by Crippen LogP contribution is -2.32. The first-order valence-electron chi connectivity index (χ1n) is 10.5. The number of rotatable bonds is 6. The maximum atomic E-state index is 12.9. The minimum Gasteiger partial charge on any atom is -0.423 e. The fraction of sp³-hybridized carbons (Fsp3) is 0.115. The van der Waals surface area contributed by atoms with Crippen LogP contribution in [-0.2, 0) is 9.59 Å². The van der Waals surface area contributed by atoms with Gasteiger partial charge >= 0.3 is 5.97 Å². The lowest BCUT2D eigenvalue weighted by molar-refractivity contribution is -0.120. The quantitative estimate of drug-likeness (QED) is 0.253. The highest BCUT2D eigenvalue weighted by Gasteiger charge is 2.39. The largest absolute Gasteiger partial charge is 0.423 e. The van der Waals surface area contributed by atoms with Gasteiger partial charge in [0.05, 0.1) is 16.3 Å². The van der Waals surface area contributed by atoms with E-state index in [9.17, 15) is 14.4 Å². The monoisotopic (exact) mass is 494 g/mol. The minimum absolute atomic E-state index is 0.0761. The van der Waals surface area contributed by atoms with Crippen molar-refractivity contribution in [2.24, 2.45) is 0 Å². The van der Waals surface area contributed by atoms with Gasteiger partial charge in [0.2, 0.25) is 0 Å². The van der Waals surface area contributed by atoms with Crippen LogP contribution in [0.2, 0.25) is 5.02 Å². The summed E-state index contributed by atoms with van der Waals surface area (Å²) in [4.78, 5) is 39.1. The Morgan fingerprint density at radius 2 is 1.53 bits per heavy atom. The van der Waals surface area contributed by atoms with Gasteiger partial charge in [-0.3, -0.25) is 9.59 Å². The zero-order valence-corrected chi connectivity index (χ0v) is 19.9. The second-order valence-electron chi connectivity index (χ2n) is 7.87. The van der Waals surface area contributed by atoms with E-state index < -0.39 is 17.8 Å². The normalized spacial score (nSPS) is 13.6. The second kappa shape index (κ2) is 9.71. The summed E-state index contributed by atoms with van der Waals surface area (Å²) in [7, 11) is 0. The Hall–Kier alpha value is -3.61. The Morgan fingerprint density at radius 1 is 0.882 bits per heavy atom. The number of imide groups is 1. The molecule has 0 unspecified atom stereocenters. The van der Waals surface area contributed by atoms with E-state index in [-0.39, 0.29) is 27.4 Å². The second-order valence-corrected chi connectivity index (χ2v) is 8.66. The number of carbonyl (C=O) groups is 3. The van der Waals surface area contributed by atoms with Gasteiger partial charge in [-0.2, -0.15) is 0 Å². The number of hydrogen-bond donors (Lipinski definition) is 1. The first-order chi connectivity index (χ1) is 16.3. The number of amides is 2. The Morgan fingerprint density at radius 3 is 2.21 bits per heavy atom. The van der Waals surface area contributed by atoms with Gasteiger partial charge in [0.25, 0.3) is 11.8 Å². The Kier molecular flexibility index (Phi) is 6.72. The summed E-state index contributed by atoms with van der Waals surface area (Å²) in [5, 5.41) is 2.87. The third kappa shape index (κ3) is 4.55. The minimum atomic E-state index is -0.675. The van der Waals surface area contributed by atoms with Crippen LogP contribution in [0.1, 0.15) is 35.7 Å². The highest BCUT2D eigenvalue weighted by atomic mass is 35.5. The van der Waals surface area contributed by atoms with E-state index in [0.717, 1.165) is 10.5 Å². The van der Waals surface area contributed by atoms with Crippen LogP contribution in [0.3, 0.4) is 0 Å². The summed E-state index contributed by atoms with van der Waals surface area (Å²) in [5.41, 5.74) is 1.90. The van der Waals surface area contributed by atoms with Gasteiger partial charge in [0.1, 0.15) is 16.5 Å². The van der Waals surface area contributed by atoms with Crippen LogP contribution in [0.25, 0.3) is 0 Å². The van der Waals surface area contributed by atoms with Gasteiger partial charge < -0.3 is 10.1 Å². The predicted octanol–water partition coefficient (Wildman–Crippen LogP) is 6.12. The summed E-state index contributed by atoms with van der Waals surface area (Å²) in [5.74, 6) is -1.10. The fourth-order valence-corrected chi connectivity index (χ4v) is 3.94. The van der Waals surface area contributed by atoms with Crippen molar-refractivity contribution in [3.05, 3.63) is 99.7 Å². The van der Waals surface area contributed by atoms with Crippen LogP contribution in [-0.4, -0.2) is 17.8 Å². The molecule has 1 heterocycles. The third-order valence-corrected chi connectivity index (χ3v) is 5.92. The molecule has 0 atom stereocenters. The van der Waals surface area contributed by atoms with Gasteiger partial charge in [0.15, 0.2) is 0 Å². The molecule has 4 rings (SSSR count). The molecule has 8 heteroatoms. The zero-order valence-electron chi connectivity index (χ0n) is 18.3. The molecular weight excluding hydrogens is 475 g/mol. The number of para-hydroxylation sites is 2. The number of nitrogens with zero attached hydrogens (tertiary/aromatic N) is 1. The number of anilines is 2. The molecule has 0 saturated heterocycles. The number of benzene rings is 3. The molecule has 0 aromatic heterocycles. The summed E-state index contributed by atoms with van der Waals surface area (Å²) in [6.07, 6.45) is 0. The summed E-state index contributed by atoms with van der Waals surface area (Å²) in [6, 6.07) is 20.2. The third-order valence-electron chi connectivity index (χ3n) is 5.25. The summed E-state index contributed by atoms with van der Waals surface area (Å²) >= 11 is 12.3. The van der Waals surface area contributed by atoms with Crippen molar-refractivity contribution in [1.82, 2.24) is 0 Å². The number of halogens is 2. The number of esters is 1. The van der Waals surface area contributed by atoms with Crippen LogP contribution in [0.15, 0.2) is 83.5 Å². The number of carbonyl (C=O) groups excluding carboxylic acids is 3. The number of nitrogens with one attached hydrogen (secondary N) is 1. The average Bonchev–Trinajstić information content (AvgIpc) is 3.03. The van der Waals surface area contributed by atoms with E-state index in [4.69, 9.17) is 27.9 Å². The molecule has 1 N–H and O–H groups in total. The first-order valence-corrected chi connectivity index (χ1v) is 11.2. The lowest BCUT2D eigenvalue weighted by atomic mass is 10.0. The van der Waals surface area contributed by atoms with Crippen LogP contribution in [0.4, 0.5) is 11.4 Å². The zero-order chi connectivity index (χ0) is 24.4. The Labute approximate surface area is 206 Å². The van der Waals surface area contributed by atoms with Crippen molar-refractivity contribution >= 4 is 52.4 Å². The van der Waals surface area contributed by atoms with E-state index >= 15 is 0 Å². The smallest absolute Gasteiger partial charge is 0.343 e. The van der Waals surface area contributed by atoms with Gasteiger partial charge in [-0.25, -0.2) is 9.69 Å². The van der Waals surface area contributed by atoms with E-state index in [1.54, 1.807) is 54.6 Å². The van der Waals surface area contributed by atoms with Gasteiger partial charge in [-0.15, -0.1) is 0 Å². The molecule has 0 bridgehead atoms. The molecule has 0 radical (unpaired) electrons. The lowest BCUT2D eigenvalue weighted by Gasteiger charge is -2.16. The van der Waals surface area contributed by atoms with E-state index in [1.165, 1.54) is 0 Å². The molecule has 1 aliphatic rings. The van der Waals surface area contributed by atoms with E-state index in [2.05, 4.69) is 5.32 Å². The van der Waals surface area contributed by atoms with E-state index in [0.29, 0.717) is 17.0 Å². The Bertz CT molecular complexity index is 1320. The number of hydrogen-bond acceptors (Lipinski definition) is 5. The van der Waals surface area contributed by atoms with E-state index in [1.807, 2.05) is 32.0 Å². The summed E-state index contributed by atoms with van der Waals surface area (Å²) in [6.45, 7) is 4.05. The Balaban J connectivity index is 1.50. The molecule has 0 saturated carbocycles. The van der Waals surface area contributed by atoms with Crippen molar-refractivity contribution in [2.45, 2.75) is 19.8 Å². The van der Waals surface area contributed by atoms with Crippen molar-refractivity contribution < 1.29 is 19.1 Å². The molecule has 1 aliphatic heterocycles. The molecule has 3 aromatic rings. The van der Waals surface area contributed by atoms with Crippen LogP contribution in [0, 0.1) is 0 Å². The van der Waals surface area contributed by atoms with Crippen molar-refractivity contribution in [1.29, 1.82) is 0 Å². The van der Waals surface area contributed by atoms with Crippen molar-refractivity contribution in [3.8, 4) is 5.75 Å². The topological polar surface area (TPSA) is 75.7 Å². The van der Waals surface area contributed by atoms with Crippen LogP contribution < -0.4 is 15.0 Å². The standard InChI is InChI=1S/C26H20Cl2N2O4/c1-15(2)18-7-3-6-10-21(18)34-26(33)16-11-13-17(14-12-16)29-23-22(28)24(31)30(25(23)32)20-9-5-4-8-19(20)27/h3-15,29H,1-2H3. The van der Waals surface area contributed by atoms with Crippen LogP contribution in [0.5, 0.6) is 5.75 Å². The first kappa shape index (κ1) is 23.5. The van der Waals surface area contributed by atoms with Gasteiger partial charge in [0, 0.05) is 5.69 Å². The molecule has 172 valence electrons. The average molecular weight is 495 g/mol. The molecular formula is C26H20Cl2N2O4. The molecule has 34 heavy (non-hydrogen) atoms. The highest BCUT2D eigenvalue weighted by molar-refractivity contribution is 6.53. The molecule has 2 amide bonds. The fourth-order valence-electron chi connectivity index (χ4n) is 3.51. The van der Waals surface area contributed by atoms with Gasteiger partial charge in [-0.05, 0) is 53.9 Å². The van der Waals surface area contributed by atoms with Crippen molar-refractivity contribution in [2.75, 3.05) is 10.2 Å². The molecule has 3 aromatic carbocycles. The maximum Gasteiger partial charge on any atom is 0.343 e.